The molecule has 1 aliphatic heterocycles. The van der Waals surface area contributed by atoms with Crippen LogP contribution in [0, 0.1) is 11.8 Å². The maximum absolute atomic E-state index is 9.16. The molecule has 1 aromatic rings. The van der Waals surface area contributed by atoms with Gasteiger partial charge in [0.05, 0.1) is 13.2 Å². The average Bonchev–Trinajstić information content (AvgIpc) is 2.78. The first kappa shape index (κ1) is 11.2. The van der Waals surface area contributed by atoms with Gasteiger partial charge in [-0.2, -0.15) is 0 Å². The third-order valence-electron chi connectivity index (χ3n) is 3.00. The Morgan fingerprint density at radius 2 is 2.12 bits per heavy atom. The zero-order valence-corrected chi connectivity index (χ0v) is 9.39. The summed E-state index contributed by atoms with van der Waals surface area (Å²) in [6.45, 7) is 2.09. The van der Waals surface area contributed by atoms with E-state index in [1.165, 1.54) is 6.42 Å². The molecule has 0 aliphatic carbocycles. The Balaban J connectivity index is 1.90. The SMILES string of the molecule is OC[C@H]1CCCN1CC#Cc1ccccc1. The van der Waals surface area contributed by atoms with Crippen molar-refractivity contribution < 1.29 is 5.11 Å². The van der Waals surface area contributed by atoms with Gasteiger partial charge in [0.25, 0.3) is 0 Å². The van der Waals surface area contributed by atoms with Crippen LogP contribution in [0.3, 0.4) is 0 Å². The summed E-state index contributed by atoms with van der Waals surface area (Å²) in [6.07, 6.45) is 2.28. The van der Waals surface area contributed by atoms with Gasteiger partial charge in [-0.3, -0.25) is 4.90 Å². The fourth-order valence-corrected chi connectivity index (χ4v) is 2.07. The third-order valence-corrected chi connectivity index (χ3v) is 3.00. The van der Waals surface area contributed by atoms with Crippen LogP contribution in [0.25, 0.3) is 0 Å². The van der Waals surface area contributed by atoms with Gasteiger partial charge in [0, 0.05) is 11.6 Å². The Morgan fingerprint density at radius 1 is 1.31 bits per heavy atom. The van der Waals surface area contributed by atoms with E-state index in [0.29, 0.717) is 6.04 Å². The molecule has 2 nitrogen and oxygen atoms in total. The summed E-state index contributed by atoms with van der Waals surface area (Å²) in [4.78, 5) is 2.26. The molecule has 0 unspecified atom stereocenters. The second-order valence-corrected chi connectivity index (χ2v) is 4.12. The van der Waals surface area contributed by atoms with E-state index < -0.39 is 0 Å². The van der Waals surface area contributed by atoms with Crippen molar-refractivity contribution >= 4 is 0 Å². The lowest BCUT2D eigenvalue weighted by molar-refractivity contribution is 0.171. The molecule has 0 radical (unpaired) electrons. The first-order valence-corrected chi connectivity index (χ1v) is 5.79. The Bertz CT molecular complexity index is 377. The number of hydrogen-bond donors (Lipinski definition) is 1. The van der Waals surface area contributed by atoms with Crippen molar-refractivity contribution in [2.45, 2.75) is 18.9 Å². The zero-order valence-electron chi connectivity index (χ0n) is 9.39. The van der Waals surface area contributed by atoms with Gasteiger partial charge in [0.1, 0.15) is 0 Å². The summed E-state index contributed by atoms with van der Waals surface area (Å²) in [6, 6.07) is 10.3. The molecule has 16 heavy (non-hydrogen) atoms. The highest BCUT2D eigenvalue weighted by molar-refractivity contribution is 5.33. The van der Waals surface area contributed by atoms with E-state index in [9.17, 15) is 0 Å². The normalized spacial score (nSPS) is 20.4. The first-order chi connectivity index (χ1) is 7.90. The first-order valence-electron chi connectivity index (χ1n) is 5.79. The lowest BCUT2D eigenvalue weighted by atomic mass is 10.2. The van der Waals surface area contributed by atoms with Gasteiger partial charge in [-0.15, -0.1) is 0 Å². The van der Waals surface area contributed by atoms with Gasteiger partial charge in [-0.1, -0.05) is 30.0 Å². The number of aliphatic hydroxyl groups is 1. The molecule has 0 spiro atoms. The van der Waals surface area contributed by atoms with Gasteiger partial charge in [0.2, 0.25) is 0 Å². The summed E-state index contributed by atoms with van der Waals surface area (Å²) in [7, 11) is 0. The number of hydrogen-bond acceptors (Lipinski definition) is 2. The van der Waals surface area contributed by atoms with E-state index in [-0.39, 0.29) is 6.61 Å². The minimum absolute atomic E-state index is 0.257. The number of nitrogens with zero attached hydrogens (tertiary/aromatic N) is 1. The average molecular weight is 215 g/mol. The standard InChI is InChI=1S/C14H17NO/c16-12-14-9-5-11-15(14)10-4-8-13-6-2-1-3-7-13/h1-3,6-7,14,16H,5,9-12H2/t14-/m1/s1. The molecule has 1 heterocycles. The van der Waals surface area contributed by atoms with E-state index >= 15 is 0 Å². The highest BCUT2D eigenvalue weighted by Crippen LogP contribution is 2.15. The molecule has 1 fully saturated rings. The molecule has 1 saturated heterocycles. The van der Waals surface area contributed by atoms with E-state index in [2.05, 4.69) is 16.7 Å². The summed E-state index contributed by atoms with van der Waals surface area (Å²) in [5.74, 6) is 6.32. The van der Waals surface area contributed by atoms with Crippen LogP contribution in [-0.2, 0) is 0 Å². The number of benzene rings is 1. The number of rotatable bonds is 2. The van der Waals surface area contributed by atoms with Crippen LogP contribution in [0.2, 0.25) is 0 Å². The second kappa shape index (κ2) is 5.69. The van der Waals surface area contributed by atoms with E-state index in [1.807, 2.05) is 30.3 Å². The van der Waals surface area contributed by atoms with Gasteiger partial charge < -0.3 is 5.11 Å². The summed E-state index contributed by atoms with van der Waals surface area (Å²) < 4.78 is 0. The lowest BCUT2D eigenvalue weighted by Gasteiger charge is -2.19. The molecule has 0 bridgehead atoms. The highest BCUT2D eigenvalue weighted by Gasteiger charge is 2.22. The van der Waals surface area contributed by atoms with Gasteiger partial charge in [-0.25, -0.2) is 0 Å². The van der Waals surface area contributed by atoms with Gasteiger partial charge >= 0.3 is 0 Å². The maximum atomic E-state index is 9.16. The molecule has 0 aromatic heterocycles. The van der Waals surface area contributed by atoms with Crippen molar-refractivity contribution in [2.75, 3.05) is 19.7 Å². The molecular formula is C14H17NO. The van der Waals surface area contributed by atoms with Crippen LogP contribution in [0.5, 0.6) is 0 Å². The molecule has 2 heteroatoms. The third kappa shape index (κ3) is 2.85. The molecule has 1 N–H and O–H groups in total. The van der Waals surface area contributed by atoms with E-state index in [1.54, 1.807) is 0 Å². The molecule has 0 saturated carbocycles. The van der Waals surface area contributed by atoms with Crippen molar-refractivity contribution in [3.63, 3.8) is 0 Å². The second-order valence-electron chi connectivity index (χ2n) is 4.12. The topological polar surface area (TPSA) is 23.5 Å². The van der Waals surface area contributed by atoms with Crippen molar-refractivity contribution in [3.8, 4) is 11.8 Å². The minimum atomic E-state index is 0.257. The quantitative estimate of drug-likeness (QED) is 0.756. The summed E-state index contributed by atoms with van der Waals surface area (Å²) in [5, 5.41) is 9.16. The van der Waals surface area contributed by atoms with E-state index in [0.717, 1.165) is 25.1 Å². The highest BCUT2D eigenvalue weighted by atomic mass is 16.3. The van der Waals surface area contributed by atoms with Crippen molar-refractivity contribution in [2.24, 2.45) is 0 Å². The van der Waals surface area contributed by atoms with Crippen LogP contribution in [0.15, 0.2) is 30.3 Å². The molecule has 2 rings (SSSR count). The maximum Gasteiger partial charge on any atom is 0.0608 e. The monoisotopic (exact) mass is 215 g/mol. The van der Waals surface area contributed by atoms with Crippen LogP contribution < -0.4 is 0 Å². The number of likely N-dealkylation sites (tertiary alicyclic amines) is 1. The predicted octanol–water partition coefficient (Wildman–Crippen LogP) is 1.49. The Labute approximate surface area is 96.9 Å². The largest absolute Gasteiger partial charge is 0.395 e. The Hall–Kier alpha value is -1.30. The van der Waals surface area contributed by atoms with Crippen LogP contribution in [0.1, 0.15) is 18.4 Å². The van der Waals surface area contributed by atoms with Crippen LogP contribution in [0.4, 0.5) is 0 Å². The number of aliphatic hydroxyl groups excluding tert-OH is 1. The fourth-order valence-electron chi connectivity index (χ4n) is 2.07. The molecule has 0 amide bonds. The van der Waals surface area contributed by atoms with Crippen molar-refractivity contribution in [1.29, 1.82) is 0 Å². The van der Waals surface area contributed by atoms with Gasteiger partial charge in [0.15, 0.2) is 0 Å². The lowest BCUT2D eigenvalue weighted by Crippen LogP contribution is -2.32. The smallest absolute Gasteiger partial charge is 0.0608 e. The predicted molar refractivity (Wildman–Crippen MR) is 65.0 cm³/mol. The molecule has 84 valence electrons. The van der Waals surface area contributed by atoms with Crippen LogP contribution in [-0.4, -0.2) is 35.7 Å². The Kier molecular flexibility index (Phi) is 3.98. The molecule has 1 aliphatic rings. The van der Waals surface area contributed by atoms with Crippen molar-refractivity contribution in [1.82, 2.24) is 4.90 Å². The molecule has 1 atom stereocenters. The fraction of sp³-hybridized carbons (Fsp3) is 0.429. The minimum Gasteiger partial charge on any atom is -0.395 e. The van der Waals surface area contributed by atoms with E-state index in [4.69, 9.17) is 5.11 Å². The summed E-state index contributed by atoms with van der Waals surface area (Å²) in [5.41, 5.74) is 1.06. The zero-order chi connectivity index (χ0) is 11.2. The molecule has 1 aromatic carbocycles. The van der Waals surface area contributed by atoms with Crippen LogP contribution >= 0.6 is 0 Å². The van der Waals surface area contributed by atoms with Crippen molar-refractivity contribution in [3.05, 3.63) is 35.9 Å². The van der Waals surface area contributed by atoms with Gasteiger partial charge in [-0.05, 0) is 31.5 Å². The Morgan fingerprint density at radius 3 is 2.88 bits per heavy atom. The molecular weight excluding hydrogens is 198 g/mol. The summed E-state index contributed by atoms with van der Waals surface area (Å²) >= 11 is 0.